The summed E-state index contributed by atoms with van der Waals surface area (Å²) in [6.45, 7) is 3.87. The maximum atomic E-state index is 12.7. The number of amides is 1. The number of piperidine rings is 1. The van der Waals surface area contributed by atoms with Gasteiger partial charge in [0.25, 0.3) is 0 Å². The molecule has 142 valence electrons. The van der Waals surface area contributed by atoms with E-state index >= 15 is 0 Å². The van der Waals surface area contributed by atoms with Crippen molar-refractivity contribution in [2.24, 2.45) is 5.92 Å². The molecule has 0 aliphatic carbocycles. The number of hydrogen-bond donors (Lipinski definition) is 2. The van der Waals surface area contributed by atoms with Crippen LogP contribution in [0.25, 0.3) is 10.2 Å². The smallest absolute Gasteiger partial charge is 0.242 e. The number of thiophene rings is 1. The average molecular weight is 396 g/mol. The Morgan fingerprint density at radius 3 is 3.12 bits per heavy atom. The maximum Gasteiger partial charge on any atom is 0.242 e. The number of carbonyl (C=O) groups excluding carboxylic acids is 1. The quantitative estimate of drug-likeness (QED) is 0.814. The van der Waals surface area contributed by atoms with Gasteiger partial charge in [0.1, 0.15) is 23.0 Å². The van der Waals surface area contributed by atoms with Gasteiger partial charge in [0.2, 0.25) is 5.91 Å². The zero-order valence-electron chi connectivity index (χ0n) is 14.8. The Hall–Kier alpha value is -1.44. The van der Waals surface area contributed by atoms with E-state index in [1.54, 1.807) is 17.7 Å². The Kier molecular flexibility index (Phi) is 6.67. The number of aromatic nitrogens is 2. The normalized spacial score (nSPS) is 23.0. The molecule has 0 aromatic carbocycles. The number of nitrogens with one attached hydrogen (secondary N) is 2. The van der Waals surface area contributed by atoms with Crippen LogP contribution in [0, 0.1) is 5.92 Å². The number of carbonyl (C=O) groups is 1. The van der Waals surface area contributed by atoms with Gasteiger partial charge in [-0.1, -0.05) is 0 Å². The molecule has 2 N–H and O–H groups in total. The second kappa shape index (κ2) is 8.97. The summed E-state index contributed by atoms with van der Waals surface area (Å²) in [7, 11) is 0. The average Bonchev–Trinajstić information content (AvgIpc) is 3.31. The first-order valence-corrected chi connectivity index (χ1v) is 10.1. The molecule has 2 unspecified atom stereocenters. The van der Waals surface area contributed by atoms with E-state index < -0.39 is 0 Å². The van der Waals surface area contributed by atoms with Crippen molar-refractivity contribution in [2.45, 2.75) is 38.1 Å². The molecule has 2 aromatic heterocycles. The third-order valence-corrected chi connectivity index (χ3v) is 6.14. The van der Waals surface area contributed by atoms with E-state index in [4.69, 9.17) is 0 Å². The van der Waals surface area contributed by atoms with Crippen LogP contribution < -0.4 is 15.5 Å². The van der Waals surface area contributed by atoms with Crippen LogP contribution in [0.3, 0.4) is 0 Å². The molecule has 4 heterocycles. The second-order valence-corrected chi connectivity index (χ2v) is 7.87. The minimum absolute atomic E-state index is 0. The van der Waals surface area contributed by atoms with Gasteiger partial charge in [0.05, 0.1) is 5.39 Å². The van der Waals surface area contributed by atoms with E-state index in [2.05, 4.69) is 31.6 Å². The molecule has 2 aliphatic rings. The SMILES string of the molecule is Cl.O=C(NCCC1CCCNC1)C1CCCN1c1ncnc2sccc12. The molecule has 26 heavy (non-hydrogen) atoms. The van der Waals surface area contributed by atoms with Gasteiger partial charge in [-0.15, -0.1) is 23.7 Å². The molecule has 2 aromatic rings. The highest BCUT2D eigenvalue weighted by atomic mass is 35.5. The van der Waals surface area contributed by atoms with E-state index in [0.717, 1.165) is 61.5 Å². The minimum atomic E-state index is -0.109. The molecule has 1 amide bonds. The number of nitrogens with zero attached hydrogens (tertiary/aromatic N) is 3. The van der Waals surface area contributed by atoms with Crippen molar-refractivity contribution in [2.75, 3.05) is 31.1 Å². The zero-order valence-corrected chi connectivity index (χ0v) is 16.5. The van der Waals surface area contributed by atoms with Crippen molar-refractivity contribution >= 4 is 45.7 Å². The lowest BCUT2D eigenvalue weighted by molar-refractivity contribution is -0.122. The number of fused-ring (bicyclic) bond motifs is 1. The number of rotatable bonds is 5. The molecule has 0 radical (unpaired) electrons. The van der Waals surface area contributed by atoms with Crippen LogP contribution in [0.4, 0.5) is 5.82 Å². The highest BCUT2D eigenvalue weighted by Crippen LogP contribution is 2.31. The van der Waals surface area contributed by atoms with Crippen LogP contribution in [-0.2, 0) is 4.79 Å². The lowest BCUT2D eigenvalue weighted by atomic mass is 9.96. The van der Waals surface area contributed by atoms with Crippen molar-refractivity contribution < 1.29 is 4.79 Å². The molecule has 0 bridgehead atoms. The van der Waals surface area contributed by atoms with E-state index in [1.807, 2.05) is 5.38 Å². The van der Waals surface area contributed by atoms with Gasteiger partial charge in [-0.2, -0.15) is 0 Å². The Morgan fingerprint density at radius 2 is 2.27 bits per heavy atom. The predicted molar refractivity (Wildman–Crippen MR) is 108 cm³/mol. The summed E-state index contributed by atoms with van der Waals surface area (Å²) in [5, 5.41) is 9.69. The first kappa shape index (κ1) is 19.3. The van der Waals surface area contributed by atoms with Crippen molar-refractivity contribution in [3.8, 4) is 0 Å². The van der Waals surface area contributed by atoms with Crippen LogP contribution in [0.15, 0.2) is 17.8 Å². The van der Waals surface area contributed by atoms with Crippen molar-refractivity contribution in [3.05, 3.63) is 17.8 Å². The molecule has 2 saturated heterocycles. The summed E-state index contributed by atoms with van der Waals surface area (Å²) >= 11 is 1.62. The summed E-state index contributed by atoms with van der Waals surface area (Å²) in [6.07, 6.45) is 7.12. The molecule has 6 nitrogen and oxygen atoms in total. The van der Waals surface area contributed by atoms with Gasteiger partial charge >= 0.3 is 0 Å². The molecule has 2 atom stereocenters. The van der Waals surface area contributed by atoms with Crippen LogP contribution in [0.5, 0.6) is 0 Å². The van der Waals surface area contributed by atoms with Crippen molar-refractivity contribution in [1.82, 2.24) is 20.6 Å². The highest BCUT2D eigenvalue weighted by Gasteiger charge is 2.32. The third-order valence-electron chi connectivity index (χ3n) is 5.32. The molecule has 0 spiro atoms. The summed E-state index contributed by atoms with van der Waals surface area (Å²) in [5.41, 5.74) is 0. The van der Waals surface area contributed by atoms with Gasteiger partial charge in [0, 0.05) is 13.1 Å². The summed E-state index contributed by atoms with van der Waals surface area (Å²) < 4.78 is 0. The second-order valence-electron chi connectivity index (χ2n) is 6.98. The Bertz CT molecular complexity index is 733. The molecule has 2 aliphatic heterocycles. The third kappa shape index (κ3) is 4.10. The van der Waals surface area contributed by atoms with Crippen molar-refractivity contribution in [1.29, 1.82) is 0 Å². The first-order valence-electron chi connectivity index (χ1n) is 9.26. The maximum absolute atomic E-state index is 12.7. The van der Waals surface area contributed by atoms with Crippen LogP contribution in [-0.4, -0.2) is 48.1 Å². The molecular weight excluding hydrogens is 370 g/mol. The van der Waals surface area contributed by atoms with Gasteiger partial charge in [-0.25, -0.2) is 9.97 Å². The lowest BCUT2D eigenvalue weighted by Crippen LogP contribution is -2.44. The minimum Gasteiger partial charge on any atom is -0.354 e. The Labute approximate surface area is 164 Å². The predicted octanol–water partition coefficient (Wildman–Crippen LogP) is 2.59. The van der Waals surface area contributed by atoms with Crippen LogP contribution in [0.2, 0.25) is 0 Å². The zero-order chi connectivity index (χ0) is 17.1. The number of anilines is 1. The van der Waals surface area contributed by atoms with Gasteiger partial charge in [-0.3, -0.25) is 4.79 Å². The van der Waals surface area contributed by atoms with Crippen molar-refractivity contribution in [3.63, 3.8) is 0 Å². The number of hydrogen-bond acceptors (Lipinski definition) is 6. The summed E-state index contributed by atoms with van der Waals surface area (Å²) in [6, 6.07) is 1.95. The summed E-state index contributed by atoms with van der Waals surface area (Å²) in [4.78, 5) is 24.7. The van der Waals surface area contributed by atoms with E-state index in [9.17, 15) is 4.79 Å². The highest BCUT2D eigenvalue weighted by molar-refractivity contribution is 7.16. The standard InChI is InChI=1S/C18H25N5OS.ClH/c24-17(20-8-5-13-3-1-7-19-11-13)15-4-2-9-23(15)16-14-6-10-25-18(14)22-12-21-16;/h6,10,12-13,15,19H,1-5,7-9,11H2,(H,20,24);1H. The van der Waals surface area contributed by atoms with Crippen LogP contribution in [0.1, 0.15) is 32.1 Å². The fourth-order valence-electron chi connectivity index (χ4n) is 3.99. The Morgan fingerprint density at radius 1 is 1.35 bits per heavy atom. The monoisotopic (exact) mass is 395 g/mol. The lowest BCUT2D eigenvalue weighted by Gasteiger charge is -2.26. The van der Waals surface area contributed by atoms with Gasteiger partial charge < -0.3 is 15.5 Å². The largest absolute Gasteiger partial charge is 0.354 e. The fraction of sp³-hybridized carbons (Fsp3) is 0.611. The molecule has 2 fully saturated rings. The first-order chi connectivity index (χ1) is 12.3. The Balaban J connectivity index is 0.00000196. The topological polar surface area (TPSA) is 70.2 Å². The van der Waals surface area contributed by atoms with Crippen LogP contribution >= 0.6 is 23.7 Å². The van der Waals surface area contributed by atoms with Gasteiger partial charge in [0.15, 0.2) is 0 Å². The van der Waals surface area contributed by atoms with E-state index in [0.29, 0.717) is 5.92 Å². The molecule has 4 rings (SSSR count). The molecule has 8 heteroatoms. The molecule has 0 saturated carbocycles. The van der Waals surface area contributed by atoms with E-state index in [1.165, 1.54) is 12.8 Å². The van der Waals surface area contributed by atoms with Gasteiger partial charge in [-0.05, 0) is 62.6 Å². The number of halogens is 1. The molecular formula is C18H26ClN5OS. The summed E-state index contributed by atoms with van der Waals surface area (Å²) in [5.74, 6) is 1.74. The fourth-order valence-corrected chi connectivity index (χ4v) is 4.71. The van der Waals surface area contributed by atoms with E-state index in [-0.39, 0.29) is 24.4 Å².